The van der Waals surface area contributed by atoms with Crippen LogP contribution in [0.3, 0.4) is 0 Å². The van der Waals surface area contributed by atoms with Gasteiger partial charge >= 0.3 is 0 Å². The number of pyridine rings is 2. The van der Waals surface area contributed by atoms with Gasteiger partial charge in [0.2, 0.25) is 6.71 Å². The van der Waals surface area contributed by atoms with Gasteiger partial charge in [0.05, 0.1) is 62.4 Å². The molecule has 0 bridgehead atoms. The molecule has 10 aromatic rings. The van der Waals surface area contributed by atoms with Gasteiger partial charge in [-0.1, -0.05) is 132 Å². The molecule has 0 saturated carbocycles. The van der Waals surface area contributed by atoms with Crippen molar-refractivity contribution in [3.8, 4) is 16.9 Å². The molecule has 12 rings (SSSR count). The van der Waals surface area contributed by atoms with Crippen LogP contribution in [0, 0.1) is 0 Å². The zero-order valence-electron chi connectivity index (χ0n) is 30.3. The maximum atomic E-state index is 5.36. The van der Waals surface area contributed by atoms with E-state index in [0.717, 1.165) is 78.3 Å². The molecule has 0 spiro atoms. The van der Waals surface area contributed by atoms with Crippen LogP contribution in [0.5, 0.6) is 0 Å². The van der Waals surface area contributed by atoms with Crippen molar-refractivity contribution >= 4 is 90.1 Å². The second-order valence-electron chi connectivity index (χ2n) is 14.6. The highest BCUT2D eigenvalue weighted by atomic mass is 15.3. The molecule has 5 nitrogen and oxygen atoms in total. The SMILES string of the molecule is c1ccc(N2c3ccccc3N(c3cnc4c5cc(B6c7ccccc7-c7nc8ccccc8cc76)ccc5n(-c5ccccc5)c4c3)c3ccccc32)cc1. The first-order chi connectivity index (χ1) is 27.8. The molecule has 0 saturated heterocycles. The monoisotopic (exact) mass is 713 g/mol. The van der Waals surface area contributed by atoms with Crippen LogP contribution < -0.4 is 26.2 Å². The molecule has 0 atom stereocenters. The van der Waals surface area contributed by atoms with Gasteiger partial charge in [-0.15, -0.1) is 0 Å². The first kappa shape index (κ1) is 31.0. The number of para-hydroxylation sites is 7. The summed E-state index contributed by atoms with van der Waals surface area (Å²) in [5, 5.41) is 2.29. The van der Waals surface area contributed by atoms with Crippen molar-refractivity contribution in [1.29, 1.82) is 0 Å². The molecule has 2 aliphatic heterocycles. The normalized spacial score (nSPS) is 12.9. The summed E-state index contributed by atoms with van der Waals surface area (Å²) in [7, 11) is 0. The molecule has 0 unspecified atom stereocenters. The first-order valence-electron chi connectivity index (χ1n) is 19.1. The first-order valence-corrected chi connectivity index (χ1v) is 19.1. The van der Waals surface area contributed by atoms with Gasteiger partial charge < -0.3 is 14.4 Å². The molecular formula is C50H32BN5. The van der Waals surface area contributed by atoms with Gasteiger partial charge in [-0.3, -0.25) is 4.98 Å². The van der Waals surface area contributed by atoms with Crippen LogP contribution in [-0.2, 0) is 0 Å². The summed E-state index contributed by atoms with van der Waals surface area (Å²) in [5.74, 6) is 0. The molecule has 260 valence electrons. The van der Waals surface area contributed by atoms with Crippen molar-refractivity contribution in [1.82, 2.24) is 14.5 Å². The number of anilines is 6. The molecule has 3 aromatic heterocycles. The summed E-state index contributed by atoms with van der Waals surface area (Å²) in [6.07, 6.45) is 2.05. The van der Waals surface area contributed by atoms with Crippen molar-refractivity contribution in [2.75, 3.05) is 9.80 Å². The van der Waals surface area contributed by atoms with Crippen LogP contribution in [0.1, 0.15) is 0 Å². The van der Waals surface area contributed by atoms with Crippen molar-refractivity contribution in [3.05, 3.63) is 194 Å². The van der Waals surface area contributed by atoms with Crippen LogP contribution in [0.15, 0.2) is 194 Å². The molecule has 0 N–H and O–H groups in total. The summed E-state index contributed by atoms with van der Waals surface area (Å²) < 4.78 is 2.37. The summed E-state index contributed by atoms with van der Waals surface area (Å²) in [6, 6.07) is 67.4. The Hall–Kier alpha value is -7.44. The Labute approximate surface area is 324 Å². The van der Waals surface area contributed by atoms with E-state index in [9.17, 15) is 0 Å². The molecule has 0 aliphatic carbocycles. The minimum absolute atomic E-state index is 0.0611. The predicted molar refractivity (Wildman–Crippen MR) is 233 cm³/mol. The Morgan fingerprint density at radius 3 is 1.79 bits per heavy atom. The Bertz CT molecular complexity index is 3130. The average Bonchev–Trinajstić information content (AvgIpc) is 3.76. The number of hydrogen-bond donors (Lipinski definition) is 0. The van der Waals surface area contributed by atoms with E-state index in [1.54, 1.807) is 0 Å². The molecule has 0 fully saturated rings. The average molecular weight is 714 g/mol. The third-order valence-corrected chi connectivity index (χ3v) is 11.5. The van der Waals surface area contributed by atoms with Gasteiger partial charge in [0, 0.05) is 16.8 Å². The number of fused-ring (bicyclic) bond motifs is 9. The smallest absolute Gasteiger partial charge is 0.244 e. The van der Waals surface area contributed by atoms with Crippen LogP contribution in [0.25, 0.3) is 49.8 Å². The third-order valence-electron chi connectivity index (χ3n) is 11.5. The topological polar surface area (TPSA) is 37.2 Å². The summed E-state index contributed by atoms with van der Waals surface area (Å²) in [5.41, 5.74) is 17.9. The Balaban J connectivity index is 1.07. The molecular weight excluding hydrogens is 681 g/mol. The Kier molecular flexibility index (Phi) is 6.66. The standard InChI is InChI=1S/C50H32BN5/c1-3-16-35(17-4-1)54-43-28-27-34(51-40-21-9-8-20-38(40)49-41(51)29-33-15-7-10-22-42(33)53-49)30-39(43)50-48(54)31-37(32-52-50)56-46-25-13-11-23-44(46)55(36-18-5-2-6-19-36)45-24-12-14-26-47(45)56/h1-32H. The fraction of sp³-hybridized carbons (Fsp3) is 0. The zero-order chi connectivity index (χ0) is 36.7. The minimum Gasteiger partial charge on any atom is -0.308 e. The van der Waals surface area contributed by atoms with Gasteiger partial charge in [-0.05, 0) is 83.1 Å². The van der Waals surface area contributed by atoms with Gasteiger partial charge in [-0.25, -0.2) is 4.98 Å². The number of benzene rings is 7. The van der Waals surface area contributed by atoms with Crippen molar-refractivity contribution in [2.24, 2.45) is 0 Å². The predicted octanol–water partition coefficient (Wildman–Crippen LogP) is 10.5. The number of aromatic nitrogens is 3. The highest BCUT2D eigenvalue weighted by Gasteiger charge is 2.35. The fourth-order valence-electron chi connectivity index (χ4n) is 9.18. The Morgan fingerprint density at radius 1 is 0.446 bits per heavy atom. The zero-order valence-corrected chi connectivity index (χ0v) is 30.3. The van der Waals surface area contributed by atoms with E-state index in [-0.39, 0.29) is 6.71 Å². The third kappa shape index (κ3) is 4.50. The van der Waals surface area contributed by atoms with E-state index in [2.05, 4.69) is 202 Å². The largest absolute Gasteiger partial charge is 0.308 e. The number of hydrogen-bond acceptors (Lipinski definition) is 4. The maximum absolute atomic E-state index is 5.36. The molecule has 56 heavy (non-hydrogen) atoms. The minimum atomic E-state index is 0.0611. The van der Waals surface area contributed by atoms with E-state index in [0.29, 0.717) is 0 Å². The second-order valence-corrected chi connectivity index (χ2v) is 14.6. The van der Waals surface area contributed by atoms with Gasteiger partial charge in [0.1, 0.15) is 0 Å². The molecule has 7 aromatic carbocycles. The lowest BCUT2D eigenvalue weighted by molar-refractivity contribution is 1.15. The van der Waals surface area contributed by atoms with Crippen molar-refractivity contribution in [2.45, 2.75) is 0 Å². The Morgan fingerprint density at radius 2 is 1.05 bits per heavy atom. The fourth-order valence-corrected chi connectivity index (χ4v) is 9.18. The quantitative estimate of drug-likeness (QED) is 0.170. The lowest BCUT2D eigenvalue weighted by Gasteiger charge is -2.40. The van der Waals surface area contributed by atoms with E-state index in [4.69, 9.17) is 9.97 Å². The summed E-state index contributed by atoms with van der Waals surface area (Å²) in [6.45, 7) is 0.0611. The van der Waals surface area contributed by atoms with Crippen LogP contribution in [0.4, 0.5) is 34.1 Å². The van der Waals surface area contributed by atoms with Gasteiger partial charge in [-0.2, -0.15) is 0 Å². The van der Waals surface area contributed by atoms with Crippen LogP contribution in [0.2, 0.25) is 0 Å². The molecule has 6 heteroatoms. The molecule has 0 radical (unpaired) electrons. The van der Waals surface area contributed by atoms with E-state index >= 15 is 0 Å². The second kappa shape index (κ2) is 12.0. The van der Waals surface area contributed by atoms with Crippen LogP contribution in [-0.4, -0.2) is 21.2 Å². The van der Waals surface area contributed by atoms with Gasteiger partial charge in [0.15, 0.2) is 0 Å². The molecule has 0 amide bonds. The lowest BCUT2D eigenvalue weighted by atomic mass is 9.39. The van der Waals surface area contributed by atoms with Crippen molar-refractivity contribution < 1.29 is 0 Å². The highest BCUT2D eigenvalue weighted by molar-refractivity contribution is 6.99. The van der Waals surface area contributed by atoms with Crippen molar-refractivity contribution in [3.63, 3.8) is 0 Å². The molecule has 5 heterocycles. The molecule has 2 aliphatic rings. The number of nitrogens with zero attached hydrogens (tertiary/aromatic N) is 5. The van der Waals surface area contributed by atoms with E-state index in [1.165, 1.54) is 22.0 Å². The van der Waals surface area contributed by atoms with Gasteiger partial charge in [0.25, 0.3) is 0 Å². The maximum Gasteiger partial charge on any atom is 0.244 e. The lowest BCUT2D eigenvalue weighted by Crippen LogP contribution is -2.48. The summed E-state index contributed by atoms with van der Waals surface area (Å²) in [4.78, 5) is 15.3. The van der Waals surface area contributed by atoms with Crippen LogP contribution >= 0.6 is 0 Å². The summed E-state index contributed by atoms with van der Waals surface area (Å²) >= 11 is 0. The number of rotatable bonds is 4. The van der Waals surface area contributed by atoms with E-state index < -0.39 is 0 Å². The van der Waals surface area contributed by atoms with E-state index in [1.807, 2.05) is 6.20 Å². The highest BCUT2D eigenvalue weighted by Crippen LogP contribution is 2.54.